The molecule has 0 radical (unpaired) electrons. The molecule has 2 aromatic carbocycles. The number of carbonyl (C=O) groups is 2. The molecule has 1 aliphatic rings. The van der Waals surface area contributed by atoms with Gasteiger partial charge in [-0.2, -0.15) is 0 Å². The largest absolute Gasteiger partial charge is 0.494 e. The lowest BCUT2D eigenvalue weighted by Crippen LogP contribution is -2.26. The molecule has 0 N–H and O–H groups in total. The van der Waals surface area contributed by atoms with Crippen LogP contribution in [-0.2, 0) is 9.53 Å². The van der Waals surface area contributed by atoms with Crippen LogP contribution in [0.4, 0.5) is 0 Å². The molecule has 0 saturated heterocycles. The van der Waals surface area contributed by atoms with E-state index in [2.05, 4.69) is 0 Å². The van der Waals surface area contributed by atoms with E-state index in [-0.39, 0.29) is 11.5 Å². The lowest BCUT2D eigenvalue weighted by Gasteiger charge is -2.13. The molecule has 0 unspecified atom stereocenters. The van der Waals surface area contributed by atoms with E-state index < -0.39 is 12.1 Å². The van der Waals surface area contributed by atoms with Crippen molar-refractivity contribution in [2.75, 3.05) is 13.2 Å². The van der Waals surface area contributed by atoms with Crippen LogP contribution in [0.1, 0.15) is 36.7 Å². The summed E-state index contributed by atoms with van der Waals surface area (Å²) in [6.45, 7) is 6.09. The summed E-state index contributed by atoms with van der Waals surface area (Å²) >= 11 is 0. The highest BCUT2D eigenvalue weighted by Gasteiger charge is 2.27. The van der Waals surface area contributed by atoms with Crippen LogP contribution in [0.5, 0.6) is 17.2 Å². The highest BCUT2D eigenvalue weighted by molar-refractivity contribution is 6.14. The molecule has 1 aliphatic heterocycles. The first-order chi connectivity index (χ1) is 13.5. The highest BCUT2D eigenvalue weighted by Crippen LogP contribution is 2.35. The standard InChI is InChI=1S/C22H22O6/c1-4-25-16-9-10-18-19(13-16)28-20(21(18)23)12-15-7-6-8-17(11-15)27-14(3)22(24)26-5-2/h6-14H,4-5H2,1-3H3/b20-12-/t14-/m1/s1. The lowest BCUT2D eigenvalue weighted by atomic mass is 10.1. The first kappa shape index (κ1) is 19.5. The number of ketones is 1. The number of carbonyl (C=O) groups excluding carboxylic acids is 2. The Morgan fingerprint density at radius 1 is 1.11 bits per heavy atom. The number of rotatable bonds is 7. The first-order valence-electron chi connectivity index (χ1n) is 9.16. The Balaban J connectivity index is 1.77. The fourth-order valence-corrected chi connectivity index (χ4v) is 2.76. The fourth-order valence-electron chi connectivity index (χ4n) is 2.76. The molecule has 0 fully saturated rings. The quantitative estimate of drug-likeness (QED) is 0.532. The Hall–Kier alpha value is -3.28. The number of benzene rings is 2. The van der Waals surface area contributed by atoms with Gasteiger partial charge in [0, 0.05) is 6.07 Å². The van der Waals surface area contributed by atoms with Crippen molar-refractivity contribution in [1.29, 1.82) is 0 Å². The Morgan fingerprint density at radius 2 is 1.93 bits per heavy atom. The van der Waals surface area contributed by atoms with E-state index >= 15 is 0 Å². The Kier molecular flexibility index (Phi) is 5.99. The van der Waals surface area contributed by atoms with Crippen LogP contribution < -0.4 is 14.2 Å². The molecular weight excluding hydrogens is 360 g/mol. The number of hydrogen-bond donors (Lipinski definition) is 0. The molecule has 0 amide bonds. The average molecular weight is 382 g/mol. The van der Waals surface area contributed by atoms with Gasteiger partial charge in [-0.15, -0.1) is 0 Å². The zero-order chi connectivity index (χ0) is 20.1. The van der Waals surface area contributed by atoms with Crippen LogP contribution in [0.3, 0.4) is 0 Å². The Labute approximate surface area is 163 Å². The number of fused-ring (bicyclic) bond motifs is 1. The van der Waals surface area contributed by atoms with Gasteiger partial charge in [0.15, 0.2) is 11.9 Å². The lowest BCUT2D eigenvalue weighted by molar-refractivity contribution is -0.150. The molecule has 6 nitrogen and oxygen atoms in total. The van der Waals surface area contributed by atoms with E-state index in [1.54, 1.807) is 56.3 Å². The molecule has 0 aliphatic carbocycles. The molecule has 146 valence electrons. The van der Waals surface area contributed by atoms with E-state index in [1.807, 2.05) is 13.0 Å². The molecule has 1 heterocycles. The predicted octanol–water partition coefficient (Wildman–Crippen LogP) is 4.03. The second kappa shape index (κ2) is 8.61. The molecule has 2 aromatic rings. The predicted molar refractivity (Wildman–Crippen MR) is 104 cm³/mol. The molecule has 3 rings (SSSR count). The summed E-state index contributed by atoms with van der Waals surface area (Å²) < 4.78 is 21.7. The zero-order valence-electron chi connectivity index (χ0n) is 16.1. The number of Topliss-reactive ketones (excluding diaryl/α,β-unsaturated/α-hetero) is 1. The number of esters is 1. The second-order valence-electron chi connectivity index (χ2n) is 6.12. The third kappa shape index (κ3) is 4.34. The minimum Gasteiger partial charge on any atom is -0.494 e. The molecular formula is C22H22O6. The maximum Gasteiger partial charge on any atom is 0.347 e. The van der Waals surface area contributed by atoms with Gasteiger partial charge in [-0.1, -0.05) is 12.1 Å². The van der Waals surface area contributed by atoms with Gasteiger partial charge in [-0.25, -0.2) is 4.79 Å². The molecule has 1 atom stereocenters. The Morgan fingerprint density at radius 3 is 2.68 bits per heavy atom. The zero-order valence-corrected chi connectivity index (χ0v) is 16.1. The molecule has 0 aromatic heterocycles. The van der Waals surface area contributed by atoms with E-state index in [9.17, 15) is 9.59 Å². The van der Waals surface area contributed by atoms with E-state index in [4.69, 9.17) is 18.9 Å². The number of hydrogen-bond acceptors (Lipinski definition) is 6. The van der Waals surface area contributed by atoms with Gasteiger partial charge in [0.2, 0.25) is 5.78 Å². The molecule has 6 heteroatoms. The van der Waals surface area contributed by atoms with Crippen molar-refractivity contribution in [3.05, 3.63) is 59.4 Å². The smallest absolute Gasteiger partial charge is 0.347 e. The van der Waals surface area contributed by atoms with Gasteiger partial charge >= 0.3 is 5.97 Å². The van der Waals surface area contributed by atoms with Gasteiger partial charge in [0.1, 0.15) is 17.2 Å². The van der Waals surface area contributed by atoms with Crippen LogP contribution in [0.25, 0.3) is 6.08 Å². The highest BCUT2D eigenvalue weighted by atomic mass is 16.6. The van der Waals surface area contributed by atoms with E-state index in [0.29, 0.717) is 36.0 Å². The summed E-state index contributed by atoms with van der Waals surface area (Å²) in [5, 5.41) is 0. The van der Waals surface area contributed by atoms with Crippen molar-refractivity contribution < 1.29 is 28.5 Å². The van der Waals surface area contributed by atoms with Crippen molar-refractivity contribution in [2.24, 2.45) is 0 Å². The second-order valence-corrected chi connectivity index (χ2v) is 6.12. The maximum atomic E-state index is 12.6. The van der Waals surface area contributed by atoms with Gasteiger partial charge < -0.3 is 18.9 Å². The summed E-state index contributed by atoms with van der Waals surface area (Å²) in [6, 6.07) is 12.2. The maximum absolute atomic E-state index is 12.6. The van der Waals surface area contributed by atoms with Crippen molar-refractivity contribution >= 4 is 17.8 Å². The fraction of sp³-hybridized carbons (Fsp3) is 0.273. The summed E-state index contributed by atoms with van der Waals surface area (Å²) in [5.41, 5.74) is 1.22. The summed E-state index contributed by atoms with van der Waals surface area (Å²) in [4.78, 5) is 24.3. The summed E-state index contributed by atoms with van der Waals surface area (Å²) in [5.74, 6) is 1.23. The average Bonchev–Trinajstić information content (AvgIpc) is 2.97. The Bertz CT molecular complexity index is 915. The van der Waals surface area contributed by atoms with Crippen LogP contribution in [0, 0.1) is 0 Å². The molecule has 28 heavy (non-hydrogen) atoms. The van der Waals surface area contributed by atoms with Crippen molar-refractivity contribution in [2.45, 2.75) is 26.9 Å². The van der Waals surface area contributed by atoms with Crippen LogP contribution in [0.15, 0.2) is 48.2 Å². The van der Waals surface area contributed by atoms with Gasteiger partial charge in [0.25, 0.3) is 0 Å². The molecule has 0 spiro atoms. The third-order valence-corrected chi connectivity index (χ3v) is 4.04. The topological polar surface area (TPSA) is 71.1 Å². The molecule has 0 saturated carbocycles. The summed E-state index contributed by atoms with van der Waals surface area (Å²) in [7, 11) is 0. The number of allylic oxidation sites excluding steroid dienone is 1. The van der Waals surface area contributed by atoms with Crippen molar-refractivity contribution in [3.63, 3.8) is 0 Å². The first-order valence-corrected chi connectivity index (χ1v) is 9.16. The van der Waals surface area contributed by atoms with Gasteiger partial charge in [-0.3, -0.25) is 4.79 Å². The van der Waals surface area contributed by atoms with Crippen molar-refractivity contribution in [3.8, 4) is 17.2 Å². The minimum absolute atomic E-state index is 0.190. The summed E-state index contributed by atoms with van der Waals surface area (Å²) in [6.07, 6.45) is 0.915. The van der Waals surface area contributed by atoms with Gasteiger partial charge in [0.05, 0.1) is 18.8 Å². The van der Waals surface area contributed by atoms with Crippen LogP contribution in [0.2, 0.25) is 0 Å². The van der Waals surface area contributed by atoms with E-state index in [0.717, 1.165) is 5.56 Å². The normalized spacial score (nSPS) is 15.0. The minimum atomic E-state index is -0.728. The van der Waals surface area contributed by atoms with Crippen molar-refractivity contribution in [1.82, 2.24) is 0 Å². The monoisotopic (exact) mass is 382 g/mol. The third-order valence-electron chi connectivity index (χ3n) is 4.04. The number of ether oxygens (including phenoxy) is 4. The van der Waals surface area contributed by atoms with Gasteiger partial charge in [-0.05, 0) is 56.7 Å². The van der Waals surface area contributed by atoms with Crippen LogP contribution in [-0.4, -0.2) is 31.1 Å². The SMILES string of the molecule is CCOC(=O)[C@@H](C)Oc1cccc(/C=C2\Oc3cc(OCC)ccc3C2=O)c1. The van der Waals surface area contributed by atoms with Crippen LogP contribution >= 0.6 is 0 Å². The van der Waals surface area contributed by atoms with E-state index in [1.165, 1.54) is 0 Å². The molecule has 0 bridgehead atoms.